The molecule has 0 aliphatic carbocycles. The van der Waals surface area contributed by atoms with Crippen LogP contribution < -0.4 is 23.7 Å². The van der Waals surface area contributed by atoms with Crippen molar-refractivity contribution >= 4 is 11.6 Å². The summed E-state index contributed by atoms with van der Waals surface area (Å²) in [5.74, 6) is -0.155. The Morgan fingerprint density at radius 3 is 1.71 bits per heavy atom. The van der Waals surface area contributed by atoms with Crippen LogP contribution in [-0.4, -0.2) is 52.1 Å². The zero-order valence-electron chi connectivity index (χ0n) is 16.7. The topological polar surface area (TPSA) is 93.2 Å². The Morgan fingerprint density at radius 2 is 1.25 bits per heavy atom. The first-order valence-corrected chi connectivity index (χ1v) is 8.38. The molecule has 2 rings (SSSR count). The molecule has 0 saturated carbocycles. The molecule has 150 valence electrons. The molecule has 1 unspecified atom stereocenters. The molecule has 0 aliphatic heterocycles. The van der Waals surface area contributed by atoms with Gasteiger partial charge in [0, 0.05) is 17.3 Å². The first-order chi connectivity index (χ1) is 13.4. The minimum atomic E-state index is -0.956. The molecule has 0 amide bonds. The molecule has 1 atom stereocenters. The summed E-state index contributed by atoms with van der Waals surface area (Å²) in [5, 5.41) is 0. The maximum atomic E-state index is 12.9. The van der Waals surface area contributed by atoms with E-state index in [0.29, 0.717) is 23.0 Å². The Hall–Kier alpha value is -3.29. The zero-order valence-corrected chi connectivity index (χ0v) is 16.7. The van der Waals surface area contributed by atoms with E-state index in [4.69, 9.17) is 23.7 Å². The number of nitrogens with zero attached hydrogens (tertiary/aromatic N) is 1. The molecule has 0 spiro atoms. The SMILES string of the molecule is COc1cc(C(=O)C(C)C(=O)c2cc(OC)c(OC)c(OC)c2)cnc1OC. The standard InChI is InChI=1S/C20H23NO7/c1-11(18(23)13-9-16(26-4)20(28-6)21-10-13)17(22)12-7-14(24-2)19(27-5)15(8-12)25-3/h7-11H,1-6H3. The van der Waals surface area contributed by atoms with Gasteiger partial charge in [-0.15, -0.1) is 0 Å². The fourth-order valence-corrected chi connectivity index (χ4v) is 2.71. The average Bonchev–Trinajstić information content (AvgIpc) is 2.75. The summed E-state index contributed by atoms with van der Waals surface area (Å²) in [4.78, 5) is 29.8. The highest BCUT2D eigenvalue weighted by Gasteiger charge is 2.27. The minimum Gasteiger partial charge on any atom is -0.493 e. The van der Waals surface area contributed by atoms with Crippen molar-refractivity contribution in [3.05, 3.63) is 35.5 Å². The highest BCUT2D eigenvalue weighted by Crippen LogP contribution is 2.39. The first-order valence-electron chi connectivity index (χ1n) is 8.38. The van der Waals surface area contributed by atoms with Gasteiger partial charge in [0.25, 0.3) is 5.88 Å². The van der Waals surface area contributed by atoms with Crippen molar-refractivity contribution in [3.8, 4) is 28.9 Å². The van der Waals surface area contributed by atoms with Crippen LogP contribution in [0.3, 0.4) is 0 Å². The Morgan fingerprint density at radius 1 is 0.750 bits per heavy atom. The molecule has 0 radical (unpaired) electrons. The quantitative estimate of drug-likeness (QED) is 0.477. The summed E-state index contributed by atoms with van der Waals surface area (Å²) in [6, 6.07) is 4.52. The number of rotatable bonds is 9. The van der Waals surface area contributed by atoms with Gasteiger partial charge in [-0.05, 0) is 25.1 Å². The number of pyridine rings is 1. The van der Waals surface area contributed by atoms with Gasteiger partial charge in [0.2, 0.25) is 5.75 Å². The van der Waals surface area contributed by atoms with Gasteiger partial charge in [-0.2, -0.15) is 0 Å². The molecular formula is C20H23NO7. The van der Waals surface area contributed by atoms with Crippen molar-refractivity contribution in [2.75, 3.05) is 35.5 Å². The summed E-state index contributed by atoms with van der Waals surface area (Å²) >= 11 is 0. The fraction of sp³-hybridized carbons (Fsp3) is 0.350. The van der Waals surface area contributed by atoms with Crippen molar-refractivity contribution < 1.29 is 33.3 Å². The second kappa shape index (κ2) is 9.07. The number of ether oxygens (including phenoxy) is 5. The van der Waals surface area contributed by atoms with Crippen molar-refractivity contribution in [1.29, 1.82) is 0 Å². The van der Waals surface area contributed by atoms with E-state index < -0.39 is 11.7 Å². The molecule has 8 heteroatoms. The van der Waals surface area contributed by atoms with E-state index in [2.05, 4.69) is 4.98 Å². The van der Waals surface area contributed by atoms with Gasteiger partial charge in [0.05, 0.1) is 41.5 Å². The monoisotopic (exact) mass is 389 g/mol. The van der Waals surface area contributed by atoms with Crippen LogP contribution in [0.2, 0.25) is 0 Å². The second-order valence-corrected chi connectivity index (χ2v) is 5.80. The normalized spacial score (nSPS) is 11.4. The number of ketones is 2. The molecule has 0 bridgehead atoms. The molecule has 0 aliphatic rings. The molecule has 1 aromatic heterocycles. The number of hydrogen-bond donors (Lipinski definition) is 0. The average molecular weight is 389 g/mol. The Bertz CT molecular complexity index is 854. The van der Waals surface area contributed by atoms with Gasteiger partial charge < -0.3 is 23.7 Å². The van der Waals surface area contributed by atoms with Gasteiger partial charge in [-0.1, -0.05) is 0 Å². The molecular weight excluding hydrogens is 366 g/mol. The van der Waals surface area contributed by atoms with Crippen molar-refractivity contribution in [3.63, 3.8) is 0 Å². The highest BCUT2D eigenvalue weighted by molar-refractivity contribution is 6.16. The van der Waals surface area contributed by atoms with E-state index in [9.17, 15) is 9.59 Å². The van der Waals surface area contributed by atoms with E-state index in [0.717, 1.165) is 0 Å². The first kappa shape index (κ1) is 21.0. The molecule has 28 heavy (non-hydrogen) atoms. The van der Waals surface area contributed by atoms with Crippen LogP contribution in [-0.2, 0) is 0 Å². The van der Waals surface area contributed by atoms with E-state index in [1.807, 2.05) is 0 Å². The lowest BCUT2D eigenvalue weighted by molar-refractivity contribution is 0.0819. The molecule has 0 saturated heterocycles. The predicted molar refractivity (Wildman–Crippen MR) is 101 cm³/mol. The Balaban J connectivity index is 2.37. The predicted octanol–water partition coefficient (Wildman–Crippen LogP) is 2.83. The number of carbonyl (C=O) groups is 2. The summed E-state index contributed by atoms with van der Waals surface area (Å²) < 4.78 is 26.0. The van der Waals surface area contributed by atoms with Gasteiger partial charge in [-0.25, -0.2) is 4.98 Å². The van der Waals surface area contributed by atoms with E-state index in [-0.39, 0.29) is 22.8 Å². The van der Waals surface area contributed by atoms with Crippen molar-refractivity contribution in [2.24, 2.45) is 5.92 Å². The minimum absolute atomic E-state index is 0.242. The smallest absolute Gasteiger partial charge is 0.256 e. The second-order valence-electron chi connectivity index (χ2n) is 5.80. The lowest BCUT2D eigenvalue weighted by atomic mass is 9.92. The fourth-order valence-electron chi connectivity index (χ4n) is 2.71. The lowest BCUT2D eigenvalue weighted by Crippen LogP contribution is -2.22. The summed E-state index contributed by atoms with van der Waals surface area (Å²) in [6.07, 6.45) is 1.35. The number of benzene rings is 1. The van der Waals surface area contributed by atoms with Crippen LogP contribution in [0.5, 0.6) is 28.9 Å². The van der Waals surface area contributed by atoms with E-state index in [1.165, 1.54) is 66.9 Å². The third-order valence-corrected chi connectivity index (χ3v) is 4.25. The van der Waals surface area contributed by atoms with Gasteiger partial charge in [0.1, 0.15) is 0 Å². The van der Waals surface area contributed by atoms with Gasteiger partial charge in [0.15, 0.2) is 28.8 Å². The highest BCUT2D eigenvalue weighted by atomic mass is 16.5. The molecule has 8 nitrogen and oxygen atoms in total. The molecule has 0 fully saturated rings. The number of methoxy groups -OCH3 is 5. The van der Waals surface area contributed by atoms with Crippen LogP contribution in [0.4, 0.5) is 0 Å². The van der Waals surface area contributed by atoms with Crippen molar-refractivity contribution in [2.45, 2.75) is 6.92 Å². The zero-order chi connectivity index (χ0) is 20.8. The lowest BCUT2D eigenvalue weighted by Gasteiger charge is -2.16. The van der Waals surface area contributed by atoms with Crippen LogP contribution >= 0.6 is 0 Å². The summed E-state index contributed by atoms with van der Waals surface area (Å²) in [7, 11) is 7.27. The Kier molecular flexibility index (Phi) is 6.81. The third kappa shape index (κ3) is 4.00. The van der Waals surface area contributed by atoms with Crippen LogP contribution in [0.25, 0.3) is 0 Å². The van der Waals surface area contributed by atoms with Crippen LogP contribution in [0.15, 0.2) is 24.4 Å². The Labute approximate surface area is 163 Å². The van der Waals surface area contributed by atoms with Crippen LogP contribution in [0.1, 0.15) is 27.6 Å². The van der Waals surface area contributed by atoms with Gasteiger partial charge >= 0.3 is 0 Å². The third-order valence-electron chi connectivity index (χ3n) is 4.25. The van der Waals surface area contributed by atoms with Gasteiger partial charge in [-0.3, -0.25) is 9.59 Å². The molecule has 1 heterocycles. The molecule has 0 N–H and O–H groups in total. The van der Waals surface area contributed by atoms with Crippen LogP contribution in [0, 0.1) is 5.92 Å². The maximum absolute atomic E-state index is 12.9. The number of Topliss-reactive ketones (excluding diaryl/α,β-unsaturated/α-hetero) is 2. The number of carbonyl (C=O) groups excluding carboxylic acids is 2. The van der Waals surface area contributed by atoms with E-state index >= 15 is 0 Å². The summed E-state index contributed by atoms with van der Waals surface area (Å²) in [6.45, 7) is 1.53. The largest absolute Gasteiger partial charge is 0.493 e. The molecule has 2 aromatic rings. The van der Waals surface area contributed by atoms with Crippen molar-refractivity contribution in [1.82, 2.24) is 4.98 Å². The number of aromatic nitrogens is 1. The summed E-state index contributed by atoms with van der Waals surface area (Å²) in [5.41, 5.74) is 0.509. The van der Waals surface area contributed by atoms with E-state index in [1.54, 1.807) is 0 Å². The molecule has 1 aromatic carbocycles. The number of hydrogen-bond acceptors (Lipinski definition) is 8. The maximum Gasteiger partial charge on any atom is 0.256 e.